The molecule has 0 bridgehead atoms. The van der Waals surface area contributed by atoms with E-state index in [0.29, 0.717) is 22.6 Å². The number of aromatic nitrogens is 2. The van der Waals surface area contributed by atoms with Gasteiger partial charge >= 0.3 is 0 Å². The summed E-state index contributed by atoms with van der Waals surface area (Å²) < 4.78 is 25.3. The number of nitrogens with zero attached hydrogens (tertiary/aromatic N) is 2. The van der Waals surface area contributed by atoms with Crippen molar-refractivity contribution < 1.29 is 8.42 Å². The van der Waals surface area contributed by atoms with E-state index in [1.165, 1.54) is 0 Å². The molecule has 0 N–H and O–H groups in total. The van der Waals surface area contributed by atoms with Gasteiger partial charge in [0.2, 0.25) is 9.05 Å². The fourth-order valence-electron chi connectivity index (χ4n) is 4.26. The van der Waals surface area contributed by atoms with E-state index in [9.17, 15) is 13.2 Å². The Hall–Kier alpha value is -2.18. The lowest BCUT2D eigenvalue weighted by Gasteiger charge is -2.27. The quantitative estimate of drug-likeness (QED) is 0.502. The van der Waals surface area contributed by atoms with E-state index in [1.54, 1.807) is 29.8 Å². The Bertz CT molecular complexity index is 1240. The zero-order valence-electron chi connectivity index (χ0n) is 17.1. The lowest BCUT2D eigenvalue weighted by Crippen LogP contribution is -2.30. The van der Waals surface area contributed by atoms with Gasteiger partial charge in [0, 0.05) is 21.6 Å². The minimum Gasteiger partial charge on any atom is -0.267 e. The smallest absolute Gasteiger partial charge is 0.267 e. The molecule has 0 amide bonds. The zero-order chi connectivity index (χ0) is 21.5. The van der Waals surface area contributed by atoms with Gasteiger partial charge in [-0.25, -0.2) is 13.1 Å². The van der Waals surface area contributed by atoms with E-state index in [-0.39, 0.29) is 11.6 Å². The summed E-state index contributed by atoms with van der Waals surface area (Å²) in [6.45, 7) is 3.81. The van der Waals surface area contributed by atoms with Gasteiger partial charge in [0.05, 0.1) is 22.4 Å². The van der Waals surface area contributed by atoms with Crippen molar-refractivity contribution in [2.75, 3.05) is 0 Å². The standard InChI is InChI=1S/C23H25ClN2O3S/c1-15-10-12-19(13-11-15)26-23(27)21-9-4-3-8-20(21)22(25-26)18-7-5-6-17(14-18)16(2)30(24,28)29/h3-9,14-16,19H,10-13H2,1-2H3. The molecule has 30 heavy (non-hydrogen) atoms. The van der Waals surface area contributed by atoms with E-state index < -0.39 is 14.3 Å². The van der Waals surface area contributed by atoms with Crippen LogP contribution in [0.2, 0.25) is 0 Å². The summed E-state index contributed by atoms with van der Waals surface area (Å²) in [5.74, 6) is 0.674. The summed E-state index contributed by atoms with van der Waals surface area (Å²) in [6, 6.07) is 14.8. The van der Waals surface area contributed by atoms with Crippen LogP contribution in [0.15, 0.2) is 53.3 Å². The van der Waals surface area contributed by atoms with Crippen molar-refractivity contribution in [3.63, 3.8) is 0 Å². The predicted octanol–water partition coefficient (Wildman–Crippen LogP) is 5.44. The van der Waals surface area contributed by atoms with Gasteiger partial charge in [0.15, 0.2) is 0 Å². The summed E-state index contributed by atoms with van der Waals surface area (Å²) in [5.41, 5.74) is 1.98. The Morgan fingerprint density at radius 3 is 2.37 bits per heavy atom. The molecule has 1 saturated carbocycles. The van der Waals surface area contributed by atoms with E-state index in [0.717, 1.165) is 36.6 Å². The molecule has 1 heterocycles. The Morgan fingerprint density at radius 2 is 1.70 bits per heavy atom. The molecular weight excluding hydrogens is 420 g/mol. The van der Waals surface area contributed by atoms with Crippen molar-refractivity contribution in [3.8, 4) is 11.3 Å². The maximum absolute atomic E-state index is 13.2. The van der Waals surface area contributed by atoms with Crippen LogP contribution in [0.5, 0.6) is 0 Å². The molecule has 1 aliphatic rings. The molecule has 5 nitrogen and oxygen atoms in total. The Balaban J connectivity index is 1.89. The van der Waals surface area contributed by atoms with Gasteiger partial charge in [0.25, 0.3) is 5.56 Å². The third kappa shape index (κ3) is 4.03. The molecule has 1 aliphatic carbocycles. The van der Waals surface area contributed by atoms with Crippen molar-refractivity contribution >= 4 is 30.5 Å². The van der Waals surface area contributed by atoms with Gasteiger partial charge in [-0.3, -0.25) is 4.79 Å². The number of hydrogen-bond donors (Lipinski definition) is 0. The minimum absolute atomic E-state index is 0.0678. The third-order valence-electron chi connectivity index (χ3n) is 6.21. The summed E-state index contributed by atoms with van der Waals surface area (Å²) in [4.78, 5) is 13.2. The van der Waals surface area contributed by atoms with Crippen LogP contribution in [0.4, 0.5) is 0 Å². The summed E-state index contributed by atoms with van der Waals surface area (Å²) in [7, 11) is 1.84. The van der Waals surface area contributed by atoms with Crippen LogP contribution in [0.1, 0.15) is 56.4 Å². The van der Waals surface area contributed by atoms with Crippen LogP contribution < -0.4 is 5.56 Å². The summed E-state index contributed by atoms with van der Waals surface area (Å²) in [5, 5.41) is 5.36. The van der Waals surface area contributed by atoms with Crippen molar-refractivity contribution in [1.82, 2.24) is 9.78 Å². The number of benzene rings is 2. The second kappa shape index (κ2) is 8.16. The highest BCUT2D eigenvalue weighted by Crippen LogP contribution is 2.34. The monoisotopic (exact) mass is 444 g/mol. The van der Waals surface area contributed by atoms with Crippen LogP contribution in [0, 0.1) is 5.92 Å². The van der Waals surface area contributed by atoms with Gasteiger partial charge in [-0.2, -0.15) is 5.10 Å². The molecule has 0 aliphatic heterocycles. The number of fused-ring (bicyclic) bond motifs is 1. The van der Waals surface area contributed by atoms with Crippen molar-refractivity contribution in [3.05, 3.63) is 64.4 Å². The van der Waals surface area contributed by atoms with Crippen LogP contribution in [-0.2, 0) is 9.05 Å². The zero-order valence-corrected chi connectivity index (χ0v) is 18.7. The first kappa shape index (κ1) is 21.1. The highest BCUT2D eigenvalue weighted by molar-refractivity contribution is 8.13. The van der Waals surface area contributed by atoms with Crippen LogP contribution in [0.25, 0.3) is 22.0 Å². The fraction of sp³-hybridized carbons (Fsp3) is 0.391. The van der Waals surface area contributed by atoms with E-state index in [1.807, 2.05) is 30.3 Å². The number of rotatable bonds is 4. The molecule has 158 valence electrons. The maximum atomic E-state index is 13.2. The molecule has 0 spiro atoms. The van der Waals surface area contributed by atoms with Crippen LogP contribution in [-0.4, -0.2) is 18.2 Å². The highest BCUT2D eigenvalue weighted by atomic mass is 35.7. The molecule has 0 saturated heterocycles. The normalized spacial score (nSPS) is 20.9. The van der Waals surface area contributed by atoms with Crippen molar-refractivity contribution in [1.29, 1.82) is 0 Å². The lowest BCUT2D eigenvalue weighted by molar-refractivity contribution is 0.268. The minimum atomic E-state index is -3.74. The van der Waals surface area contributed by atoms with Crippen molar-refractivity contribution in [2.24, 2.45) is 5.92 Å². The van der Waals surface area contributed by atoms with Crippen molar-refractivity contribution in [2.45, 2.75) is 50.8 Å². The molecule has 1 aromatic heterocycles. The molecule has 1 atom stereocenters. The Morgan fingerprint density at radius 1 is 1.03 bits per heavy atom. The van der Waals surface area contributed by atoms with Gasteiger partial charge in [-0.1, -0.05) is 43.3 Å². The highest BCUT2D eigenvalue weighted by Gasteiger charge is 2.24. The first-order valence-corrected chi connectivity index (χ1v) is 12.7. The number of halogens is 1. The average Bonchev–Trinajstić information content (AvgIpc) is 2.74. The predicted molar refractivity (Wildman–Crippen MR) is 121 cm³/mol. The largest absolute Gasteiger partial charge is 0.274 e. The van der Waals surface area contributed by atoms with E-state index in [2.05, 4.69) is 6.92 Å². The molecule has 2 aromatic carbocycles. The van der Waals surface area contributed by atoms with Gasteiger partial charge in [-0.15, -0.1) is 0 Å². The maximum Gasteiger partial charge on any atom is 0.274 e. The Labute approximate surface area is 181 Å². The SMILES string of the molecule is CC1CCC(n2nc(-c3cccc(C(C)S(=O)(=O)Cl)c3)c3ccccc3c2=O)CC1. The second-order valence-electron chi connectivity index (χ2n) is 8.30. The van der Waals surface area contributed by atoms with Crippen LogP contribution in [0.3, 0.4) is 0 Å². The van der Waals surface area contributed by atoms with Gasteiger partial charge in [0.1, 0.15) is 0 Å². The molecule has 1 unspecified atom stereocenters. The third-order valence-corrected chi connectivity index (χ3v) is 8.13. The molecule has 3 aromatic rings. The first-order chi connectivity index (χ1) is 14.3. The topological polar surface area (TPSA) is 69.0 Å². The molecular formula is C23H25ClN2O3S. The van der Waals surface area contributed by atoms with Crippen LogP contribution >= 0.6 is 10.7 Å². The second-order valence-corrected chi connectivity index (χ2v) is 11.2. The molecule has 0 radical (unpaired) electrons. The van der Waals surface area contributed by atoms with E-state index >= 15 is 0 Å². The summed E-state index contributed by atoms with van der Waals surface area (Å²) >= 11 is 0. The molecule has 1 fully saturated rings. The summed E-state index contributed by atoms with van der Waals surface area (Å²) in [6.07, 6.45) is 4.05. The number of hydrogen-bond acceptors (Lipinski definition) is 4. The first-order valence-electron chi connectivity index (χ1n) is 10.3. The lowest BCUT2D eigenvalue weighted by atomic mass is 9.87. The van der Waals surface area contributed by atoms with Gasteiger partial charge < -0.3 is 0 Å². The average molecular weight is 445 g/mol. The molecule has 4 rings (SSSR count). The fourth-order valence-corrected chi connectivity index (χ4v) is 5.04. The van der Waals surface area contributed by atoms with Gasteiger partial charge in [-0.05, 0) is 56.2 Å². The van der Waals surface area contributed by atoms with E-state index in [4.69, 9.17) is 15.8 Å². The Kier molecular flexibility index (Phi) is 5.73. The molecule has 7 heteroatoms.